The molecule has 1 amide bonds. The maximum absolute atomic E-state index is 12.4. The number of amides is 1. The van der Waals surface area contributed by atoms with Gasteiger partial charge in [0.1, 0.15) is 5.82 Å². The van der Waals surface area contributed by atoms with Gasteiger partial charge in [-0.15, -0.1) is 5.10 Å². The van der Waals surface area contributed by atoms with Crippen molar-refractivity contribution in [3.05, 3.63) is 42.9 Å². The fourth-order valence-electron chi connectivity index (χ4n) is 3.75. The number of imidazole rings is 1. The Hall–Kier alpha value is -3.16. The lowest BCUT2D eigenvalue weighted by Crippen LogP contribution is -2.40. The summed E-state index contributed by atoms with van der Waals surface area (Å²) in [5, 5.41) is 8.09. The number of carbonyl (C=O) groups is 1. The monoisotopic (exact) mass is 392 g/mol. The molecule has 1 saturated carbocycles. The molecule has 8 nitrogen and oxygen atoms in total. The van der Waals surface area contributed by atoms with E-state index in [0.29, 0.717) is 19.1 Å². The van der Waals surface area contributed by atoms with Crippen molar-refractivity contribution in [1.29, 1.82) is 0 Å². The quantitative estimate of drug-likeness (QED) is 0.693. The van der Waals surface area contributed by atoms with Crippen LogP contribution in [0.1, 0.15) is 25.7 Å². The van der Waals surface area contributed by atoms with E-state index in [0.717, 1.165) is 42.1 Å². The molecule has 3 aromatic rings. The number of pyridine rings is 1. The largest absolute Gasteiger partial charge is 0.449 e. The molecular formula is C21H24N6O2. The zero-order valence-corrected chi connectivity index (χ0v) is 16.2. The van der Waals surface area contributed by atoms with Crippen molar-refractivity contribution in [2.24, 2.45) is 5.92 Å². The van der Waals surface area contributed by atoms with E-state index in [-0.39, 0.29) is 12.1 Å². The minimum absolute atomic E-state index is 0.127. The van der Waals surface area contributed by atoms with Gasteiger partial charge in [0.2, 0.25) is 0 Å². The molecule has 1 aliphatic heterocycles. The normalized spacial score (nSPS) is 18.9. The van der Waals surface area contributed by atoms with Crippen LogP contribution in [0.3, 0.4) is 0 Å². The maximum atomic E-state index is 12.4. The predicted octanol–water partition coefficient (Wildman–Crippen LogP) is 3.21. The number of anilines is 1. The summed E-state index contributed by atoms with van der Waals surface area (Å²) in [6.07, 6.45) is 9.49. The van der Waals surface area contributed by atoms with Gasteiger partial charge < -0.3 is 15.0 Å². The SMILES string of the molecule is O=C(OCC1CC1)N1CCC[C@H]1CNc1ccc2ncc(-c3ccncc3)n2n1. The first-order chi connectivity index (χ1) is 14.3. The molecule has 0 unspecified atom stereocenters. The van der Waals surface area contributed by atoms with Crippen molar-refractivity contribution in [1.82, 2.24) is 24.5 Å². The van der Waals surface area contributed by atoms with Crippen LogP contribution >= 0.6 is 0 Å². The number of rotatable bonds is 6. The Kier molecular flexibility index (Phi) is 4.75. The second-order valence-electron chi connectivity index (χ2n) is 7.76. The predicted molar refractivity (Wildman–Crippen MR) is 109 cm³/mol. The summed E-state index contributed by atoms with van der Waals surface area (Å²) in [6, 6.07) is 7.87. The molecule has 3 aromatic heterocycles. The Balaban J connectivity index is 1.27. The van der Waals surface area contributed by atoms with E-state index in [2.05, 4.69) is 15.3 Å². The highest BCUT2D eigenvalue weighted by molar-refractivity contribution is 5.68. The maximum Gasteiger partial charge on any atom is 0.410 e. The van der Waals surface area contributed by atoms with Crippen LogP contribution in [0.4, 0.5) is 10.6 Å². The Bertz CT molecular complexity index is 1000. The van der Waals surface area contributed by atoms with Crippen molar-refractivity contribution >= 4 is 17.6 Å². The molecule has 1 atom stereocenters. The third-order valence-corrected chi connectivity index (χ3v) is 5.61. The van der Waals surface area contributed by atoms with Gasteiger partial charge in [-0.25, -0.2) is 14.3 Å². The molecule has 8 heteroatoms. The molecule has 0 aromatic carbocycles. The number of aromatic nitrogens is 4. The van der Waals surface area contributed by atoms with E-state index < -0.39 is 0 Å². The summed E-state index contributed by atoms with van der Waals surface area (Å²) in [4.78, 5) is 22.7. The van der Waals surface area contributed by atoms with Gasteiger partial charge in [0, 0.05) is 31.0 Å². The van der Waals surface area contributed by atoms with Gasteiger partial charge in [-0.1, -0.05) is 0 Å². The molecule has 2 fully saturated rings. The Morgan fingerprint density at radius 1 is 1.17 bits per heavy atom. The number of hydrogen-bond acceptors (Lipinski definition) is 6. The standard InChI is InChI=1S/C21H24N6O2/c28-21(29-14-15-3-4-15)26-11-1-2-17(26)12-23-19-5-6-20-24-13-18(27(20)25-19)16-7-9-22-10-8-16/h5-10,13,15,17H,1-4,11-12,14H2,(H,23,25)/t17-/m0/s1. The Labute approximate surface area is 168 Å². The van der Waals surface area contributed by atoms with Crippen LogP contribution in [-0.2, 0) is 4.74 Å². The first-order valence-electron chi connectivity index (χ1n) is 10.2. The van der Waals surface area contributed by atoms with E-state index in [1.807, 2.05) is 39.9 Å². The molecule has 0 spiro atoms. The summed E-state index contributed by atoms with van der Waals surface area (Å²) in [6.45, 7) is 1.97. The fraction of sp³-hybridized carbons (Fsp3) is 0.429. The number of nitrogens with zero attached hydrogens (tertiary/aromatic N) is 5. The number of hydrogen-bond donors (Lipinski definition) is 1. The molecule has 4 heterocycles. The van der Waals surface area contributed by atoms with Gasteiger partial charge in [0.05, 0.1) is 24.5 Å². The lowest BCUT2D eigenvalue weighted by atomic mass is 10.2. The number of fused-ring (bicyclic) bond motifs is 1. The average Bonchev–Trinajstić information content (AvgIpc) is 3.30. The van der Waals surface area contributed by atoms with Crippen LogP contribution in [0.25, 0.3) is 16.9 Å². The van der Waals surface area contributed by atoms with Crippen molar-refractivity contribution in [3.63, 3.8) is 0 Å². The number of nitrogens with one attached hydrogen (secondary N) is 1. The van der Waals surface area contributed by atoms with Gasteiger partial charge in [-0.05, 0) is 55.9 Å². The van der Waals surface area contributed by atoms with Crippen molar-refractivity contribution in [3.8, 4) is 11.3 Å². The van der Waals surface area contributed by atoms with E-state index in [9.17, 15) is 4.79 Å². The molecule has 150 valence electrons. The lowest BCUT2D eigenvalue weighted by molar-refractivity contribution is 0.0956. The van der Waals surface area contributed by atoms with Gasteiger partial charge in [-0.2, -0.15) is 0 Å². The van der Waals surface area contributed by atoms with E-state index >= 15 is 0 Å². The first-order valence-corrected chi connectivity index (χ1v) is 10.2. The van der Waals surface area contributed by atoms with Crippen molar-refractivity contribution in [2.75, 3.05) is 25.0 Å². The van der Waals surface area contributed by atoms with Crippen LogP contribution in [-0.4, -0.2) is 56.3 Å². The number of ether oxygens (including phenoxy) is 1. The van der Waals surface area contributed by atoms with Crippen LogP contribution in [0, 0.1) is 5.92 Å². The topological polar surface area (TPSA) is 84.6 Å². The summed E-state index contributed by atoms with van der Waals surface area (Å²) < 4.78 is 7.30. The van der Waals surface area contributed by atoms with Crippen molar-refractivity contribution < 1.29 is 9.53 Å². The number of likely N-dealkylation sites (tertiary alicyclic amines) is 1. The van der Waals surface area contributed by atoms with Gasteiger partial charge >= 0.3 is 6.09 Å². The van der Waals surface area contributed by atoms with Crippen LogP contribution < -0.4 is 5.32 Å². The fourth-order valence-corrected chi connectivity index (χ4v) is 3.75. The highest BCUT2D eigenvalue weighted by atomic mass is 16.6. The third kappa shape index (κ3) is 3.87. The Morgan fingerprint density at radius 2 is 2.03 bits per heavy atom. The van der Waals surface area contributed by atoms with E-state index in [1.165, 1.54) is 12.8 Å². The zero-order chi connectivity index (χ0) is 19.6. The molecule has 0 bridgehead atoms. The minimum Gasteiger partial charge on any atom is -0.449 e. The molecular weight excluding hydrogens is 368 g/mol. The number of carbonyl (C=O) groups excluding carboxylic acids is 1. The molecule has 29 heavy (non-hydrogen) atoms. The smallest absolute Gasteiger partial charge is 0.410 e. The molecule has 0 radical (unpaired) electrons. The molecule has 1 aliphatic carbocycles. The van der Waals surface area contributed by atoms with Gasteiger partial charge in [0.25, 0.3) is 0 Å². The second-order valence-corrected chi connectivity index (χ2v) is 7.76. The van der Waals surface area contributed by atoms with Gasteiger partial charge in [0.15, 0.2) is 5.65 Å². The van der Waals surface area contributed by atoms with Crippen molar-refractivity contribution in [2.45, 2.75) is 31.7 Å². The third-order valence-electron chi connectivity index (χ3n) is 5.61. The van der Waals surface area contributed by atoms with E-state index in [1.54, 1.807) is 12.4 Å². The zero-order valence-electron chi connectivity index (χ0n) is 16.2. The average molecular weight is 392 g/mol. The summed E-state index contributed by atoms with van der Waals surface area (Å²) in [5.74, 6) is 1.34. The van der Waals surface area contributed by atoms with E-state index in [4.69, 9.17) is 9.84 Å². The summed E-state index contributed by atoms with van der Waals surface area (Å²) in [5.41, 5.74) is 2.71. The Morgan fingerprint density at radius 3 is 2.86 bits per heavy atom. The van der Waals surface area contributed by atoms with Crippen LogP contribution in [0.2, 0.25) is 0 Å². The highest BCUT2D eigenvalue weighted by Gasteiger charge is 2.31. The molecule has 2 aliphatic rings. The lowest BCUT2D eigenvalue weighted by Gasteiger charge is -2.24. The summed E-state index contributed by atoms with van der Waals surface area (Å²) in [7, 11) is 0. The van der Waals surface area contributed by atoms with Crippen LogP contribution in [0.5, 0.6) is 0 Å². The summed E-state index contributed by atoms with van der Waals surface area (Å²) >= 11 is 0. The molecule has 1 saturated heterocycles. The minimum atomic E-state index is -0.181. The molecule has 1 N–H and O–H groups in total. The molecule has 5 rings (SSSR count). The van der Waals surface area contributed by atoms with Crippen LogP contribution in [0.15, 0.2) is 42.9 Å². The van der Waals surface area contributed by atoms with Gasteiger partial charge in [-0.3, -0.25) is 4.98 Å². The second kappa shape index (κ2) is 7.69. The highest BCUT2D eigenvalue weighted by Crippen LogP contribution is 2.29. The first kappa shape index (κ1) is 17.9.